The van der Waals surface area contributed by atoms with Crippen LogP contribution in [0.3, 0.4) is 0 Å². The lowest BCUT2D eigenvalue weighted by molar-refractivity contribution is 0.766. The topological polar surface area (TPSA) is 55.6 Å². The minimum Gasteiger partial charge on any atom is -0.369 e. The van der Waals surface area contributed by atoms with Gasteiger partial charge in [-0.15, -0.1) is 0 Å². The molecule has 0 saturated heterocycles. The number of anilines is 1. The molecule has 1 N–H and O–H groups in total. The van der Waals surface area contributed by atoms with Crippen LogP contribution >= 0.6 is 27.7 Å². The van der Waals surface area contributed by atoms with E-state index >= 15 is 0 Å². The standard InChI is InChI=1S/C11H14BrN5S/c1-3-4-13-10-9(12)11(15-7-14-10)18-8-5-16-17(2)6-8/h5-7H,3-4H2,1-2H3,(H,13,14,15). The van der Waals surface area contributed by atoms with Crippen LogP contribution in [0, 0.1) is 0 Å². The largest absolute Gasteiger partial charge is 0.369 e. The Morgan fingerprint density at radius 3 is 2.94 bits per heavy atom. The summed E-state index contributed by atoms with van der Waals surface area (Å²) in [6, 6.07) is 0. The van der Waals surface area contributed by atoms with E-state index < -0.39 is 0 Å². The molecule has 0 amide bonds. The third-order valence-corrected chi connectivity index (χ3v) is 4.16. The molecule has 0 aliphatic carbocycles. The summed E-state index contributed by atoms with van der Waals surface area (Å²) in [4.78, 5) is 9.55. The van der Waals surface area contributed by atoms with Gasteiger partial charge in [-0.3, -0.25) is 4.68 Å². The Kier molecular flexibility index (Phi) is 4.60. The third kappa shape index (κ3) is 3.23. The number of nitrogens with one attached hydrogen (secondary N) is 1. The van der Waals surface area contributed by atoms with Gasteiger partial charge in [-0.2, -0.15) is 5.10 Å². The number of rotatable bonds is 5. The van der Waals surface area contributed by atoms with Crippen LogP contribution in [-0.4, -0.2) is 26.3 Å². The maximum Gasteiger partial charge on any atom is 0.144 e. The van der Waals surface area contributed by atoms with Crippen LogP contribution in [0.4, 0.5) is 5.82 Å². The smallest absolute Gasteiger partial charge is 0.144 e. The van der Waals surface area contributed by atoms with Crippen molar-refractivity contribution < 1.29 is 0 Å². The first-order valence-corrected chi connectivity index (χ1v) is 7.22. The minimum absolute atomic E-state index is 0.832. The fraction of sp³-hybridized carbons (Fsp3) is 0.364. The van der Waals surface area contributed by atoms with Crippen LogP contribution in [0.5, 0.6) is 0 Å². The van der Waals surface area contributed by atoms with E-state index in [1.54, 1.807) is 22.8 Å². The zero-order valence-electron chi connectivity index (χ0n) is 10.2. The summed E-state index contributed by atoms with van der Waals surface area (Å²) >= 11 is 5.10. The van der Waals surface area contributed by atoms with Crippen LogP contribution in [0.2, 0.25) is 0 Å². The highest BCUT2D eigenvalue weighted by Crippen LogP contribution is 2.34. The third-order valence-electron chi connectivity index (χ3n) is 2.20. The van der Waals surface area contributed by atoms with Gasteiger partial charge in [0.05, 0.1) is 15.6 Å². The molecular weight excluding hydrogens is 314 g/mol. The Bertz CT molecular complexity index is 528. The van der Waals surface area contributed by atoms with E-state index in [0.717, 1.165) is 33.2 Å². The van der Waals surface area contributed by atoms with Gasteiger partial charge in [-0.25, -0.2) is 9.97 Å². The molecule has 0 aliphatic heterocycles. The maximum atomic E-state index is 4.28. The highest BCUT2D eigenvalue weighted by atomic mass is 79.9. The van der Waals surface area contributed by atoms with Crippen molar-refractivity contribution in [1.82, 2.24) is 19.7 Å². The lowest BCUT2D eigenvalue weighted by Gasteiger charge is -2.08. The molecule has 2 rings (SSSR count). The van der Waals surface area contributed by atoms with Gasteiger partial charge in [0, 0.05) is 19.8 Å². The molecule has 5 nitrogen and oxygen atoms in total. The Balaban J connectivity index is 2.17. The predicted octanol–water partition coefficient (Wildman–Crippen LogP) is 2.95. The van der Waals surface area contributed by atoms with Crippen molar-refractivity contribution in [2.24, 2.45) is 7.05 Å². The van der Waals surface area contributed by atoms with Crippen molar-refractivity contribution in [1.29, 1.82) is 0 Å². The van der Waals surface area contributed by atoms with E-state index in [9.17, 15) is 0 Å². The molecule has 96 valence electrons. The van der Waals surface area contributed by atoms with Crippen LogP contribution in [-0.2, 0) is 7.05 Å². The Hall–Kier alpha value is -1.08. The number of aromatic nitrogens is 4. The summed E-state index contributed by atoms with van der Waals surface area (Å²) in [6.45, 7) is 3.01. The molecule has 18 heavy (non-hydrogen) atoms. The second-order valence-corrected chi connectivity index (χ2v) is 5.58. The Morgan fingerprint density at radius 2 is 2.28 bits per heavy atom. The molecule has 0 aromatic carbocycles. The summed E-state index contributed by atoms with van der Waals surface area (Å²) in [5.74, 6) is 0.832. The van der Waals surface area contributed by atoms with Crippen molar-refractivity contribution in [2.45, 2.75) is 23.3 Å². The lowest BCUT2D eigenvalue weighted by Crippen LogP contribution is -2.03. The lowest BCUT2D eigenvalue weighted by atomic mass is 10.4. The van der Waals surface area contributed by atoms with Crippen molar-refractivity contribution in [2.75, 3.05) is 11.9 Å². The first-order valence-electron chi connectivity index (χ1n) is 5.61. The molecule has 0 fully saturated rings. The van der Waals surface area contributed by atoms with E-state index in [4.69, 9.17) is 0 Å². The molecule has 0 unspecified atom stereocenters. The summed E-state index contributed by atoms with van der Waals surface area (Å²) in [5.41, 5.74) is 0. The Labute approximate surface area is 119 Å². The molecule has 0 aliphatic rings. The van der Waals surface area contributed by atoms with Crippen molar-refractivity contribution in [3.05, 3.63) is 23.2 Å². The molecule has 2 heterocycles. The first kappa shape index (κ1) is 13.4. The average Bonchev–Trinajstić information content (AvgIpc) is 2.76. The monoisotopic (exact) mass is 327 g/mol. The van der Waals surface area contributed by atoms with Gasteiger partial charge in [-0.1, -0.05) is 18.7 Å². The van der Waals surface area contributed by atoms with Gasteiger partial charge in [0.2, 0.25) is 0 Å². The second-order valence-electron chi connectivity index (χ2n) is 3.72. The molecule has 0 atom stereocenters. The van der Waals surface area contributed by atoms with Crippen LogP contribution < -0.4 is 5.32 Å². The zero-order valence-corrected chi connectivity index (χ0v) is 12.6. The molecule has 7 heteroatoms. The van der Waals surface area contributed by atoms with E-state index in [0.29, 0.717) is 0 Å². The molecule has 2 aromatic heterocycles. The first-order chi connectivity index (χ1) is 8.70. The average molecular weight is 328 g/mol. The Morgan fingerprint density at radius 1 is 1.44 bits per heavy atom. The zero-order chi connectivity index (χ0) is 13.0. The van der Waals surface area contributed by atoms with Crippen LogP contribution in [0.15, 0.2) is 33.1 Å². The summed E-state index contributed by atoms with van der Waals surface area (Å²) in [5, 5.41) is 8.28. The minimum atomic E-state index is 0.832. The number of hydrogen-bond donors (Lipinski definition) is 1. The number of aryl methyl sites for hydroxylation is 1. The summed E-state index contributed by atoms with van der Waals surface area (Å²) < 4.78 is 2.67. The summed E-state index contributed by atoms with van der Waals surface area (Å²) in [6.07, 6.45) is 6.40. The summed E-state index contributed by atoms with van der Waals surface area (Å²) in [7, 11) is 1.90. The second kappa shape index (κ2) is 6.19. The van der Waals surface area contributed by atoms with Crippen LogP contribution in [0.25, 0.3) is 0 Å². The van der Waals surface area contributed by atoms with E-state index in [2.05, 4.69) is 43.2 Å². The van der Waals surface area contributed by atoms with E-state index in [1.807, 2.05) is 19.4 Å². The van der Waals surface area contributed by atoms with E-state index in [1.165, 1.54) is 0 Å². The quantitative estimate of drug-likeness (QED) is 0.855. The number of hydrogen-bond acceptors (Lipinski definition) is 5. The highest BCUT2D eigenvalue weighted by Gasteiger charge is 2.10. The number of halogens is 1. The molecule has 0 saturated carbocycles. The van der Waals surface area contributed by atoms with Crippen LogP contribution in [0.1, 0.15) is 13.3 Å². The highest BCUT2D eigenvalue weighted by molar-refractivity contribution is 9.10. The predicted molar refractivity (Wildman–Crippen MR) is 75.8 cm³/mol. The van der Waals surface area contributed by atoms with Gasteiger partial charge >= 0.3 is 0 Å². The van der Waals surface area contributed by atoms with Gasteiger partial charge in [0.1, 0.15) is 17.2 Å². The van der Waals surface area contributed by atoms with Crippen molar-refractivity contribution in [3.8, 4) is 0 Å². The SMILES string of the molecule is CCCNc1ncnc(Sc2cnn(C)c2)c1Br. The number of nitrogens with zero attached hydrogens (tertiary/aromatic N) is 4. The fourth-order valence-electron chi connectivity index (χ4n) is 1.35. The van der Waals surface area contributed by atoms with Crippen molar-refractivity contribution in [3.63, 3.8) is 0 Å². The molecule has 0 bridgehead atoms. The van der Waals surface area contributed by atoms with Gasteiger partial charge < -0.3 is 5.32 Å². The maximum absolute atomic E-state index is 4.28. The van der Waals surface area contributed by atoms with Crippen molar-refractivity contribution >= 4 is 33.5 Å². The molecular formula is C11H14BrN5S. The molecule has 0 spiro atoms. The molecule has 0 radical (unpaired) electrons. The van der Waals surface area contributed by atoms with Gasteiger partial charge in [-0.05, 0) is 22.4 Å². The normalized spacial score (nSPS) is 10.6. The van der Waals surface area contributed by atoms with E-state index in [-0.39, 0.29) is 0 Å². The fourth-order valence-corrected chi connectivity index (χ4v) is 2.76. The van der Waals surface area contributed by atoms with Gasteiger partial charge in [0.15, 0.2) is 0 Å². The van der Waals surface area contributed by atoms with Gasteiger partial charge in [0.25, 0.3) is 0 Å². The molecule has 2 aromatic rings.